The Hall–Kier alpha value is -1.41. The van der Waals surface area contributed by atoms with Gasteiger partial charge in [0.15, 0.2) is 0 Å². The zero-order chi connectivity index (χ0) is 15.4. The zero-order valence-electron chi connectivity index (χ0n) is 12.4. The Balaban J connectivity index is 1.70. The molecule has 2 fully saturated rings. The molecule has 2 aliphatic rings. The molecule has 0 radical (unpaired) electrons. The van der Waals surface area contributed by atoms with E-state index in [2.05, 4.69) is 10.2 Å². The predicted molar refractivity (Wildman–Crippen MR) is 84.0 cm³/mol. The summed E-state index contributed by atoms with van der Waals surface area (Å²) in [7, 11) is 1.78. The van der Waals surface area contributed by atoms with E-state index in [1.54, 1.807) is 11.9 Å². The van der Waals surface area contributed by atoms with Crippen molar-refractivity contribution in [2.24, 2.45) is 5.73 Å². The highest BCUT2D eigenvalue weighted by molar-refractivity contribution is 7.80. The summed E-state index contributed by atoms with van der Waals surface area (Å²) >= 11 is 4.81. The van der Waals surface area contributed by atoms with Crippen molar-refractivity contribution in [3.63, 3.8) is 0 Å². The number of nitrogens with zero attached hydrogens (tertiary/aromatic N) is 3. The number of thiocarbonyl (C=S) groups is 1. The Morgan fingerprint density at radius 3 is 2.95 bits per heavy atom. The van der Waals surface area contributed by atoms with Crippen molar-refractivity contribution in [3.8, 4) is 0 Å². The van der Waals surface area contributed by atoms with Gasteiger partial charge in [0.05, 0.1) is 11.0 Å². The van der Waals surface area contributed by atoms with Crippen molar-refractivity contribution in [3.05, 3.63) is 0 Å². The third kappa shape index (κ3) is 4.28. The molecule has 0 aliphatic carbocycles. The number of nitrogens with one attached hydrogen (secondary N) is 1. The number of amides is 3. The summed E-state index contributed by atoms with van der Waals surface area (Å²) in [6.07, 6.45) is 1.05. The van der Waals surface area contributed by atoms with Crippen LogP contribution in [0.15, 0.2) is 0 Å². The average Bonchev–Trinajstić information content (AvgIpc) is 2.83. The first kappa shape index (κ1) is 16.0. The summed E-state index contributed by atoms with van der Waals surface area (Å²) in [4.78, 5) is 29.8. The van der Waals surface area contributed by atoms with E-state index in [0.29, 0.717) is 30.9 Å². The van der Waals surface area contributed by atoms with Crippen LogP contribution in [0.3, 0.4) is 0 Å². The Morgan fingerprint density at radius 1 is 1.48 bits per heavy atom. The van der Waals surface area contributed by atoms with Crippen LogP contribution in [-0.2, 0) is 4.79 Å². The number of urea groups is 1. The van der Waals surface area contributed by atoms with E-state index in [1.807, 2.05) is 4.90 Å². The van der Waals surface area contributed by atoms with Crippen LogP contribution < -0.4 is 11.1 Å². The topological polar surface area (TPSA) is 81.9 Å². The molecule has 2 saturated heterocycles. The van der Waals surface area contributed by atoms with E-state index in [9.17, 15) is 9.59 Å². The van der Waals surface area contributed by atoms with Crippen LogP contribution in [0.4, 0.5) is 4.79 Å². The van der Waals surface area contributed by atoms with Gasteiger partial charge in [-0.05, 0) is 0 Å². The molecule has 0 aromatic heterocycles. The number of hydrogen-bond acceptors (Lipinski definition) is 4. The van der Waals surface area contributed by atoms with Crippen LogP contribution in [0.2, 0.25) is 0 Å². The van der Waals surface area contributed by atoms with Crippen LogP contribution in [0.25, 0.3) is 0 Å². The monoisotopic (exact) mass is 313 g/mol. The molecule has 21 heavy (non-hydrogen) atoms. The van der Waals surface area contributed by atoms with Crippen LogP contribution in [-0.4, -0.2) is 84.0 Å². The second-order valence-electron chi connectivity index (χ2n) is 5.62. The second kappa shape index (κ2) is 7.04. The molecule has 0 spiro atoms. The summed E-state index contributed by atoms with van der Waals surface area (Å²) in [6, 6.07) is 0.280. The number of fused-ring (bicyclic) bond motifs is 1. The number of piperazine rings is 1. The average molecular weight is 313 g/mol. The fraction of sp³-hybridized carbons (Fsp3) is 0.769. The van der Waals surface area contributed by atoms with Crippen molar-refractivity contribution < 1.29 is 9.59 Å². The standard InChI is InChI=1S/C13H23N5O2S/c1-16(4-2-11(14)21)12(19)3-5-17-6-7-18-10(9-17)8-15-13(18)20/h10H,2-9H2,1H3,(H2,14,21)(H,15,20). The maximum Gasteiger partial charge on any atom is 0.317 e. The number of hydrogen-bond donors (Lipinski definition) is 2. The van der Waals surface area contributed by atoms with Gasteiger partial charge in [0.25, 0.3) is 0 Å². The normalized spacial score (nSPS) is 21.9. The Labute approximate surface area is 130 Å². The van der Waals surface area contributed by atoms with Crippen molar-refractivity contribution in [1.82, 2.24) is 20.0 Å². The van der Waals surface area contributed by atoms with E-state index < -0.39 is 0 Å². The van der Waals surface area contributed by atoms with E-state index >= 15 is 0 Å². The van der Waals surface area contributed by atoms with Crippen LogP contribution in [0.5, 0.6) is 0 Å². The van der Waals surface area contributed by atoms with Gasteiger partial charge in [0, 0.05) is 59.2 Å². The molecule has 118 valence electrons. The molecule has 0 aromatic rings. The molecular weight excluding hydrogens is 290 g/mol. The van der Waals surface area contributed by atoms with Crippen molar-refractivity contribution in [2.45, 2.75) is 18.9 Å². The lowest BCUT2D eigenvalue weighted by Crippen LogP contribution is -2.52. The molecule has 3 amide bonds. The minimum atomic E-state index is 0.0354. The molecule has 8 heteroatoms. The third-order valence-electron chi connectivity index (χ3n) is 4.08. The van der Waals surface area contributed by atoms with Crippen molar-refractivity contribution in [1.29, 1.82) is 0 Å². The number of rotatable bonds is 6. The number of carbonyl (C=O) groups is 2. The molecule has 0 aromatic carbocycles. The van der Waals surface area contributed by atoms with Gasteiger partial charge in [-0.3, -0.25) is 9.69 Å². The first-order valence-corrected chi connectivity index (χ1v) is 7.67. The predicted octanol–water partition coefficient (Wildman–Crippen LogP) is -0.779. The zero-order valence-corrected chi connectivity index (χ0v) is 13.2. The first-order chi connectivity index (χ1) is 9.97. The molecule has 1 unspecified atom stereocenters. The smallest absolute Gasteiger partial charge is 0.317 e. The van der Waals surface area contributed by atoms with Crippen LogP contribution >= 0.6 is 12.2 Å². The lowest BCUT2D eigenvalue weighted by Gasteiger charge is -2.36. The fourth-order valence-electron chi connectivity index (χ4n) is 2.72. The second-order valence-corrected chi connectivity index (χ2v) is 6.14. The highest BCUT2D eigenvalue weighted by atomic mass is 32.1. The Bertz CT molecular complexity index is 431. The van der Waals surface area contributed by atoms with Crippen LogP contribution in [0.1, 0.15) is 12.8 Å². The highest BCUT2D eigenvalue weighted by Gasteiger charge is 2.35. The van der Waals surface area contributed by atoms with E-state index in [0.717, 1.165) is 26.2 Å². The van der Waals surface area contributed by atoms with Gasteiger partial charge in [0.1, 0.15) is 0 Å². The van der Waals surface area contributed by atoms with E-state index in [4.69, 9.17) is 18.0 Å². The fourth-order valence-corrected chi connectivity index (χ4v) is 2.81. The molecule has 0 bridgehead atoms. The van der Waals surface area contributed by atoms with Gasteiger partial charge in [-0.15, -0.1) is 0 Å². The maximum absolute atomic E-state index is 12.0. The lowest BCUT2D eigenvalue weighted by atomic mass is 10.2. The number of nitrogens with two attached hydrogens (primary N) is 1. The van der Waals surface area contributed by atoms with Gasteiger partial charge in [-0.1, -0.05) is 12.2 Å². The van der Waals surface area contributed by atoms with E-state index in [-0.39, 0.29) is 18.0 Å². The molecule has 2 heterocycles. The summed E-state index contributed by atoms with van der Waals surface area (Å²) in [5.41, 5.74) is 5.44. The van der Waals surface area contributed by atoms with Gasteiger partial charge >= 0.3 is 6.03 Å². The molecule has 7 nitrogen and oxygen atoms in total. The Kier molecular flexibility index (Phi) is 5.35. The van der Waals surface area contributed by atoms with Crippen LogP contribution in [0, 0.1) is 0 Å². The van der Waals surface area contributed by atoms with Crippen molar-refractivity contribution in [2.75, 3.05) is 46.3 Å². The largest absolute Gasteiger partial charge is 0.393 e. The quantitative estimate of drug-likeness (QED) is 0.629. The molecule has 3 N–H and O–H groups in total. The SMILES string of the molecule is CN(CCC(N)=S)C(=O)CCN1CCN2C(=O)NCC2C1. The summed E-state index contributed by atoms with van der Waals surface area (Å²) < 4.78 is 0. The molecule has 1 atom stereocenters. The number of carbonyl (C=O) groups excluding carboxylic acids is 2. The minimum absolute atomic E-state index is 0.0354. The minimum Gasteiger partial charge on any atom is -0.393 e. The summed E-state index contributed by atoms with van der Waals surface area (Å²) in [5.74, 6) is 0.106. The Morgan fingerprint density at radius 2 is 2.24 bits per heavy atom. The van der Waals surface area contributed by atoms with Crippen molar-refractivity contribution >= 4 is 29.1 Å². The van der Waals surface area contributed by atoms with Gasteiger partial charge in [-0.2, -0.15) is 0 Å². The van der Waals surface area contributed by atoms with Gasteiger partial charge in [0.2, 0.25) is 5.91 Å². The lowest BCUT2D eigenvalue weighted by molar-refractivity contribution is -0.130. The van der Waals surface area contributed by atoms with E-state index in [1.165, 1.54) is 0 Å². The summed E-state index contributed by atoms with van der Waals surface area (Å²) in [6.45, 7) is 4.41. The summed E-state index contributed by atoms with van der Waals surface area (Å²) in [5, 5.41) is 2.85. The highest BCUT2D eigenvalue weighted by Crippen LogP contribution is 2.14. The maximum atomic E-state index is 12.0. The first-order valence-electron chi connectivity index (χ1n) is 7.26. The molecule has 0 saturated carbocycles. The third-order valence-corrected chi connectivity index (χ3v) is 4.28. The molecule has 2 aliphatic heterocycles. The molecule has 2 rings (SSSR count). The van der Waals surface area contributed by atoms with Gasteiger partial charge in [-0.25, -0.2) is 4.79 Å². The molecular formula is C13H23N5O2S. The van der Waals surface area contributed by atoms with Gasteiger partial charge < -0.3 is 20.9 Å².